The first-order chi connectivity index (χ1) is 6.81. The van der Waals surface area contributed by atoms with Crippen LogP contribution in [0.5, 0.6) is 0 Å². The number of amidine groups is 2. The molecule has 5 nitrogen and oxygen atoms in total. The van der Waals surface area contributed by atoms with Gasteiger partial charge in [-0.05, 0) is 28.5 Å². The summed E-state index contributed by atoms with van der Waals surface area (Å²) in [5.74, 6) is 0. The van der Waals surface area contributed by atoms with Gasteiger partial charge in [-0.3, -0.25) is 9.89 Å². The summed E-state index contributed by atoms with van der Waals surface area (Å²) in [6.45, 7) is 3.71. The summed E-state index contributed by atoms with van der Waals surface area (Å²) in [7, 11) is 2.98. The fraction of sp³-hybridized carbons (Fsp3) is 0.571. The molecule has 0 aromatic carbocycles. The van der Waals surface area contributed by atoms with Gasteiger partial charge >= 0.3 is 6.09 Å². The van der Waals surface area contributed by atoms with Crippen LogP contribution in [0.1, 0.15) is 6.92 Å². The molecule has 7 heteroatoms. The lowest BCUT2D eigenvalue weighted by atomic mass is 10.6. The number of aliphatic imine (C=N–C) groups is 2. The van der Waals surface area contributed by atoms with Crippen molar-refractivity contribution in [1.29, 1.82) is 0 Å². The minimum Gasteiger partial charge on any atom is -0.448 e. The largest absolute Gasteiger partial charge is 0.448 e. The Morgan fingerprint density at radius 3 is 3.36 bits per heavy atom. The lowest BCUT2D eigenvalue weighted by molar-refractivity contribution is 0.163. The number of rotatable bonds is 1. The third-order valence-electron chi connectivity index (χ3n) is 1.68. The topological polar surface area (TPSA) is 54.3 Å². The summed E-state index contributed by atoms with van der Waals surface area (Å²) >= 11 is 0. The van der Waals surface area contributed by atoms with Crippen LogP contribution >= 0.6 is 21.6 Å². The van der Waals surface area contributed by atoms with E-state index < -0.39 is 6.09 Å². The maximum Gasteiger partial charge on any atom is 0.436 e. The molecule has 1 fully saturated rings. The molecular formula is C7H9N3O2S2. The number of ether oxygens (including phenoxy) is 1. The Balaban J connectivity index is 2.05. The van der Waals surface area contributed by atoms with E-state index in [1.54, 1.807) is 6.92 Å². The molecule has 1 saturated heterocycles. The monoisotopic (exact) mass is 231 g/mol. The van der Waals surface area contributed by atoms with E-state index in [0.29, 0.717) is 11.8 Å². The fourth-order valence-electron chi connectivity index (χ4n) is 1.11. The van der Waals surface area contributed by atoms with Crippen LogP contribution < -0.4 is 0 Å². The predicted octanol–water partition coefficient (Wildman–Crippen LogP) is 1.57. The molecule has 1 amide bonds. The number of hydrogen-bond donors (Lipinski definition) is 0. The second-order valence-corrected chi connectivity index (χ2v) is 4.64. The molecule has 0 saturated carbocycles. The van der Waals surface area contributed by atoms with Gasteiger partial charge in [0, 0.05) is 6.54 Å². The molecule has 0 radical (unpaired) electrons. The summed E-state index contributed by atoms with van der Waals surface area (Å²) in [5, 5.41) is 1.63. The van der Waals surface area contributed by atoms with Crippen LogP contribution in [0.4, 0.5) is 4.79 Å². The number of carbonyl (C=O) groups is 1. The molecule has 0 N–H and O–H groups in total. The quantitative estimate of drug-likeness (QED) is 0.641. The molecule has 0 unspecified atom stereocenters. The number of carbonyl (C=O) groups excluding carboxylic acids is 1. The van der Waals surface area contributed by atoms with E-state index in [1.165, 1.54) is 21.6 Å². The third kappa shape index (κ3) is 1.88. The van der Waals surface area contributed by atoms with Crippen LogP contribution in [0.25, 0.3) is 0 Å². The van der Waals surface area contributed by atoms with E-state index in [9.17, 15) is 4.79 Å². The van der Waals surface area contributed by atoms with E-state index >= 15 is 0 Å². The normalized spacial score (nSPS) is 22.5. The highest BCUT2D eigenvalue weighted by molar-refractivity contribution is 8.88. The fourth-order valence-corrected chi connectivity index (χ4v) is 3.36. The van der Waals surface area contributed by atoms with Crippen molar-refractivity contribution in [3.63, 3.8) is 0 Å². The standard InChI is InChI=1S/C7H9N3O2S2/c1-2-12-7(11)9-6-10-4-3-8-5(10)13-14-6/h2-4H2,1H3. The Labute approximate surface area is 89.4 Å². The molecule has 2 rings (SSSR count). The van der Waals surface area contributed by atoms with E-state index in [-0.39, 0.29) is 0 Å². The molecular weight excluding hydrogens is 222 g/mol. The number of fused-ring (bicyclic) bond motifs is 1. The van der Waals surface area contributed by atoms with Crippen LogP contribution in [-0.4, -0.2) is 41.0 Å². The highest BCUT2D eigenvalue weighted by Crippen LogP contribution is 2.38. The molecule has 0 aliphatic carbocycles. The van der Waals surface area contributed by atoms with E-state index in [2.05, 4.69) is 9.98 Å². The van der Waals surface area contributed by atoms with Crippen molar-refractivity contribution < 1.29 is 9.53 Å². The van der Waals surface area contributed by atoms with Crippen molar-refractivity contribution in [3.8, 4) is 0 Å². The Morgan fingerprint density at radius 2 is 2.57 bits per heavy atom. The van der Waals surface area contributed by atoms with Crippen molar-refractivity contribution in [1.82, 2.24) is 4.90 Å². The number of amides is 1. The molecule has 2 heterocycles. The number of hydrogen-bond acceptors (Lipinski definition) is 5. The lowest BCUT2D eigenvalue weighted by Gasteiger charge is -2.08. The van der Waals surface area contributed by atoms with E-state index in [0.717, 1.165) is 18.3 Å². The molecule has 76 valence electrons. The summed E-state index contributed by atoms with van der Waals surface area (Å²) in [6, 6.07) is 0. The summed E-state index contributed by atoms with van der Waals surface area (Å²) in [5.41, 5.74) is 0. The van der Waals surface area contributed by atoms with Crippen LogP contribution in [0.15, 0.2) is 9.98 Å². The molecule has 14 heavy (non-hydrogen) atoms. The van der Waals surface area contributed by atoms with Crippen molar-refractivity contribution in [2.24, 2.45) is 9.98 Å². The first-order valence-electron chi connectivity index (χ1n) is 4.23. The summed E-state index contributed by atoms with van der Waals surface area (Å²) in [6.07, 6.45) is -0.524. The maximum absolute atomic E-state index is 11.1. The first-order valence-corrected chi connectivity index (χ1v) is 6.38. The van der Waals surface area contributed by atoms with Gasteiger partial charge in [0.15, 0.2) is 10.3 Å². The second-order valence-electron chi connectivity index (χ2n) is 2.58. The Bertz CT molecular complexity index is 316. The first kappa shape index (κ1) is 9.85. The van der Waals surface area contributed by atoms with Gasteiger partial charge in [0.25, 0.3) is 0 Å². The van der Waals surface area contributed by atoms with Crippen LogP contribution in [-0.2, 0) is 4.74 Å². The van der Waals surface area contributed by atoms with Crippen LogP contribution in [0.2, 0.25) is 0 Å². The molecule has 0 spiro atoms. The zero-order valence-corrected chi connectivity index (χ0v) is 9.23. The van der Waals surface area contributed by atoms with Crippen molar-refractivity contribution in [2.45, 2.75) is 6.92 Å². The minimum absolute atomic E-state index is 0.356. The van der Waals surface area contributed by atoms with Gasteiger partial charge in [-0.1, -0.05) is 0 Å². The van der Waals surface area contributed by atoms with Gasteiger partial charge in [0.1, 0.15) is 0 Å². The highest BCUT2D eigenvalue weighted by Gasteiger charge is 2.31. The zero-order valence-electron chi connectivity index (χ0n) is 7.60. The van der Waals surface area contributed by atoms with E-state index in [1.807, 2.05) is 4.90 Å². The van der Waals surface area contributed by atoms with Gasteiger partial charge in [-0.15, -0.1) is 4.99 Å². The molecule has 0 bridgehead atoms. The summed E-state index contributed by atoms with van der Waals surface area (Å²) in [4.78, 5) is 21.1. The van der Waals surface area contributed by atoms with Crippen LogP contribution in [0, 0.1) is 0 Å². The van der Waals surface area contributed by atoms with Gasteiger partial charge in [-0.2, -0.15) is 0 Å². The zero-order chi connectivity index (χ0) is 9.97. The van der Waals surface area contributed by atoms with Crippen molar-refractivity contribution in [3.05, 3.63) is 0 Å². The van der Waals surface area contributed by atoms with Gasteiger partial charge in [0.2, 0.25) is 0 Å². The molecule has 0 aromatic heterocycles. The Morgan fingerprint density at radius 1 is 1.71 bits per heavy atom. The lowest BCUT2D eigenvalue weighted by Crippen LogP contribution is -2.26. The Hall–Kier alpha value is -0.690. The molecule has 0 atom stereocenters. The third-order valence-corrected chi connectivity index (χ3v) is 3.87. The average molecular weight is 231 g/mol. The van der Waals surface area contributed by atoms with E-state index in [4.69, 9.17) is 4.74 Å². The summed E-state index contributed by atoms with van der Waals surface area (Å²) < 4.78 is 4.74. The maximum atomic E-state index is 11.1. The van der Waals surface area contributed by atoms with Gasteiger partial charge < -0.3 is 4.74 Å². The molecule has 0 aromatic rings. The second kappa shape index (κ2) is 4.22. The van der Waals surface area contributed by atoms with Crippen molar-refractivity contribution >= 4 is 38.0 Å². The average Bonchev–Trinajstić information content (AvgIpc) is 2.70. The number of nitrogens with zero attached hydrogens (tertiary/aromatic N) is 3. The molecule has 2 aliphatic rings. The predicted molar refractivity (Wildman–Crippen MR) is 58.6 cm³/mol. The van der Waals surface area contributed by atoms with Crippen molar-refractivity contribution in [2.75, 3.05) is 19.7 Å². The van der Waals surface area contributed by atoms with Gasteiger partial charge in [-0.25, -0.2) is 4.79 Å². The SMILES string of the molecule is CCOC(=O)N=C1SSC2=NCCN21. The Kier molecular flexibility index (Phi) is 2.97. The highest BCUT2D eigenvalue weighted by atomic mass is 33.1. The molecule has 2 aliphatic heterocycles. The smallest absolute Gasteiger partial charge is 0.436 e. The van der Waals surface area contributed by atoms with Gasteiger partial charge in [0.05, 0.1) is 13.2 Å². The minimum atomic E-state index is -0.524. The van der Waals surface area contributed by atoms with Crippen LogP contribution in [0.3, 0.4) is 0 Å².